The molecular weight excluding hydrogens is 264 g/mol. The van der Waals surface area contributed by atoms with Gasteiger partial charge in [-0.1, -0.05) is 37.3 Å². The summed E-state index contributed by atoms with van der Waals surface area (Å²) in [6.45, 7) is 12.4. The second kappa shape index (κ2) is 8.60. The lowest BCUT2D eigenvalue weighted by Crippen LogP contribution is -2.35. The summed E-state index contributed by atoms with van der Waals surface area (Å²) in [6.07, 6.45) is 1.09. The van der Waals surface area contributed by atoms with E-state index in [-0.39, 0.29) is 5.60 Å². The van der Waals surface area contributed by atoms with Crippen molar-refractivity contribution in [3.05, 3.63) is 35.9 Å². The standard InChI is InChI=1S/C17H29O2Si/c1-6-18-13-10-14-20(19-17(3,4)5)15(2)16-11-8-7-9-12-16/h7-9,11-12,15H,6,10,13-14H2,1-5H3. The molecule has 20 heavy (non-hydrogen) atoms. The van der Waals surface area contributed by atoms with E-state index in [4.69, 9.17) is 9.16 Å². The maximum atomic E-state index is 6.38. The van der Waals surface area contributed by atoms with Crippen LogP contribution < -0.4 is 0 Å². The zero-order chi connectivity index (χ0) is 15.0. The van der Waals surface area contributed by atoms with Crippen molar-refractivity contribution >= 4 is 9.04 Å². The van der Waals surface area contributed by atoms with Gasteiger partial charge in [0.25, 0.3) is 0 Å². The van der Waals surface area contributed by atoms with Crippen molar-refractivity contribution in [1.82, 2.24) is 0 Å². The Morgan fingerprint density at radius 2 is 1.80 bits per heavy atom. The molecule has 0 spiro atoms. The Kier molecular flexibility index (Phi) is 7.49. The minimum atomic E-state index is -0.893. The van der Waals surface area contributed by atoms with Gasteiger partial charge in [-0.2, -0.15) is 0 Å². The number of benzene rings is 1. The molecule has 0 saturated heterocycles. The van der Waals surface area contributed by atoms with Crippen LogP contribution in [0.15, 0.2) is 30.3 Å². The summed E-state index contributed by atoms with van der Waals surface area (Å²) in [6, 6.07) is 11.9. The maximum Gasteiger partial charge on any atom is 0.219 e. The van der Waals surface area contributed by atoms with Gasteiger partial charge in [0.05, 0.1) is 0 Å². The van der Waals surface area contributed by atoms with Crippen LogP contribution in [-0.4, -0.2) is 27.9 Å². The van der Waals surface area contributed by atoms with E-state index < -0.39 is 9.04 Å². The van der Waals surface area contributed by atoms with Gasteiger partial charge in [-0.25, -0.2) is 0 Å². The van der Waals surface area contributed by atoms with Crippen LogP contribution >= 0.6 is 0 Å². The minimum absolute atomic E-state index is 0.0665. The smallest absolute Gasteiger partial charge is 0.219 e. The highest BCUT2D eigenvalue weighted by atomic mass is 28.3. The molecule has 1 aromatic rings. The van der Waals surface area contributed by atoms with Crippen molar-refractivity contribution in [2.45, 2.75) is 58.2 Å². The molecule has 0 fully saturated rings. The molecule has 0 amide bonds. The third-order valence-electron chi connectivity index (χ3n) is 3.14. The van der Waals surface area contributed by atoms with Gasteiger partial charge in [0.15, 0.2) is 0 Å². The first-order valence-electron chi connectivity index (χ1n) is 7.61. The fraction of sp³-hybridized carbons (Fsp3) is 0.647. The van der Waals surface area contributed by atoms with Crippen LogP contribution in [0.1, 0.15) is 52.1 Å². The fourth-order valence-corrected chi connectivity index (χ4v) is 4.73. The molecule has 0 bridgehead atoms. The van der Waals surface area contributed by atoms with Gasteiger partial charge in [-0.05, 0) is 45.7 Å². The number of hydrogen-bond donors (Lipinski definition) is 0. The van der Waals surface area contributed by atoms with Gasteiger partial charge in [0, 0.05) is 24.4 Å². The van der Waals surface area contributed by atoms with Gasteiger partial charge >= 0.3 is 0 Å². The van der Waals surface area contributed by atoms with E-state index in [0.29, 0.717) is 5.54 Å². The Labute approximate surface area is 126 Å². The molecule has 0 aromatic heterocycles. The summed E-state index contributed by atoms with van der Waals surface area (Å²) in [5, 5.41) is 0. The molecule has 0 aliphatic rings. The van der Waals surface area contributed by atoms with Crippen molar-refractivity contribution in [2.24, 2.45) is 0 Å². The summed E-state index contributed by atoms with van der Waals surface area (Å²) < 4.78 is 11.8. The lowest BCUT2D eigenvalue weighted by molar-refractivity contribution is 0.120. The predicted molar refractivity (Wildman–Crippen MR) is 87.4 cm³/mol. The molecule has 1 atom stereocenters. The molecule has 0 heterocycles. The highest BCUT2D eigenvalue weighted by Gasteiger charge is 2.27. The molecule has 1 aromatic carbocycles. The molecule has 113 valence electrons. The van der Waals surface area contributed by atoms with Crippen LogP contribution in [0, 0.1) is 0 Å². The van der Waals surface area contributed by atoms with Gasteiger partial charge in [0.2, 0.25) is 9.04 Å². The second-order valence-corrected chi connectivity index (χ2v) is 8.62. The van der Waals surface area contributed by atoms with Crippen LogP contribution in [-0.2, 0) is 9.16 Å². The lowest BCUT2D eigenvalue weighted by atomic mass is 10.2. The van der Waals surface area contributed by atoms with Crippen LogP contribution in [0.4, 0.5) is 0 Å². The highest BCUT2D eigenvalue weighted by Crippen LogP contribution is 2.25. The summed E-state index contributed by atoms with van der Waals surface area (Å²) in [7, 11) is -0.893. The monoisotopic (exact) mass is 293 g/mol. The van der Waals surface area contributed by atoms with Gasteiger partial charge in [-0.15, -0.1) is 0 Å². The van der Waals surface area contributed by atoms with E-state index in [2.05, 4.69) is 58.0 Å². The Balaban J connectivity index is 2.66. The van der Waals surface area contributed by atoms with E-state index in [1.165, 1.54) is 5.56 Å². The van der Waals surface area contributed by atoms with Crippen molar-refractivity contribution in [3.63, 3.8) is 0 Å². The fourth-order valence-electron chi connectivity index (χ4n) is 2.17. The normalized spacial score (nSPS) is 13.7. The van der Waals surface area contributed by atoms with E-state index in [0.717, 1.165) is 25.7 Å². The average molecular weight is 294 g/mol. The average Bonchev–Trinajstić information content (AvgIpc) is 2.41. The van der Waals surface area contributed by atoms with Gasteiger partial charge in [0.1, 0.15) is 0 Å². The van der Waals surface area contributed by atoms with Crippen LogP contribution in [0.2, 0.25) is 6.04 Å². The quantitative estimate of drug-likeness (QED) is 0.516. The Morgan fingerprint density at radius 3 is 2.35 bits per heavy atom. The Morgan fingerprint density at radius 1 is 1.15 bits per heavy atom. The maximum absolute atomic E-state index is 6.38. The van der Waals surface area contributed by atoms with E-state index >= 15 is 0 Å². The topological polar surface area (TPSA) is 18.5 Å². The summed E-state index contributed by atoms with van der Waals surface area (Å²) in [4.78, 5) is 0. The van der Waals surface area contributed by atoms with E-state index in [1.54, 1.807) is 0 Å². The molecule has 0 saturated carbocycles. The first-order valence-corrected chi connectivity index (χ1v) is 9.30. The van der Waals surface area contributed by atoms with Crippen LogP contribution in [0.5, 0.6) is 0 Å². The van der Waals surface area contributed by atoms with Crippen molar-refractivity contribution in [2.75, 3.05) is 13.2 Å². The largest absolute Gasteiger partial charge is 0.411 e. The number of ether oxygens (including phenoxy) is 1. The Hall–Kier alpha value is -0.643. The predicted octanol–water partition coefficient (Wildman–Crippen LogP) is 4.56. The molecular formula is C17H29O2Si. The van der Waals surface area contributed by atoms with E-state index in [1.807, 2.05) is 6.92 Å². The third kappa shape index (κ3) is 6.68. The van der Waals surface area contributed by atoms with Crippen molar-refractivity contribution < 1.29 is 9.16 Å². The van der Waals surface area contributed by atoms with E-state index in [9.17, 15) is 0 Å². The first kappa shape index (κ1) is 17.4. The van der Waals surface area contributed by atoms with Gasteiger partial charge < -0.3 is 9.16 Å². The zero-order valence-corrected chi connectivity index (χ0v) is 14.6. The first-order chi connectivity index (χ1) is 9.44. The Bertz CT molecular complexity index is 359. The molecule has 0 N–H and O–H groups in total. The molecule has 2 nitrogen and oxygen atoms in total. The summed E-state index contributed by atoms with van der Waals surface area (Å²) in [5.41, 5.74) is 1.83. The van der Waals surface area contributed by atoms with Crippen molar-refractivity contribution in [3.8, 4) is 0 Å². The SMILES string of the molecule is CCOCCC[Si](OC(C)(C)C)C(C)c1ccccc1. The molecule has 1 unspecified atom stereocenters. The number of rotatable bonds is 8. The highest BCUT2D eigenvalue weighted by molar-refractivity contribution is 6.53. The van der Waals surface area contributed by atoms with Crippen LogP contribution in [0.3, 0.4) is 0 Å². The molecule has 1 rings (SSSR count). The minimum Gasteiger partial charge on any atom is -0.411 e. The molecule has 3 heteroatoms. The zero-order valence-electron chi connectivity index (χ0n) is 13.6. The molecule has 1 radical (unpaired) electrons. The summed E-state index contributed by atoms with van der Waals surface area (Å²) >= 11 is 0. The molecule has 0 aliphatic heterocycles. The van der Waals surface area contributed by atoms with Crippen LogP contribution in [0.25, 0.3) is 0 Å². The molecule has 0 aliphatic carbocycles. The number of hydrogen-bond acceptors (Lipinski definition) is 2. The lowest BCUT2D eigenvalue weighted by Gasteiger charge is -2.30. The van der Waals surface area contributed by atoms with Gasteiger partial charge in [-0.3, -0.25) is 0 Å². The second-order valence-electron chi connectivity index (χ2n) is 6.11. The third-order valence-corrected chi connectivity index (χ3v) is 6.16. The van der Waals surface area contributed by atoms with Crippen molar-refractivity contribution in [1.29, 1.82) is 0 Å². The summed E-state index contributed by atoms with van der Waals surface area (Å²) in [5.74, 6) is 0.